The van der Waals surface area contributed by atoms with Crippen LogP contribution >= 0.6 is 15.9 Å². The van der Waals surface area contributed by atoms with E-state index in [2.05, 4.69) is 347 Å². The normalized spacial score (nSPS) is 11.4. The van der Waals surface area contributed by atoms with E-state index in [0.29, 0.717) is 5.46 Å². The van der Waals surface area contributed by atoms with Gasteiger partial charge in [0.15, 0.2) is 0 Å². The zero-order valence-electron chi connectivity index (χ0n) is 51.2. The van der Waals surface area contributed by atoms with Gasteiger partial charge in [0, 0.05) is 37.4 Å². The van der Waals surface area contributed by atoms with Crippen LogP contribution in [0.4, 0.5) is 0 Å². The highest BCUT2D eigenvalue weighted by atomic mass is 79.9. The van der Waals surface area contributed by atoms with Gasteiger partial charge in [0.05, 0.1) is 22.1 Å². The van der Waals surface area contributed by atoms with E-state index in [1.807, 2.05) is 6.07 Å². The highest BCUT2D eigenvalue weighted by molar-refractivity contribution is 9.10. The van der Waals surface area contributed by atoms with E-state index < -0.39 is 7.12 Å². The van der Waals surface area contributed by atoms with Crippen molar-refractivity contribution in [1.82, 2.24) is 9.13 Å². The summed E-state index contributed by atoms with van der Waals surface area (Å²) in [6, 6.07) is 125. The molecule has 0 aliphatic carbocycles. The lowest BCUT2D eigenvalue weighted by Gasteiger charge is -2.18. The Morgan fingerprint density at radius 2 is 0.479 bits per heavy atom. The van der Waals surface area contributed by atoms with Crippen LogP contribution in [0.25, 0.3) is 154 Å². The minimum absolute atomic E-state index is 0.525. The molecule has 0 aliphatic heterocycles. The molecule has 0 saturated carbocycles. The number of fused-ring (bicyclic) bond motifs is 10. The maximum atomic E-state index is 8.58. The fraction of sp³-hybridized carbons (Fsp3) is 0. The van der Waals surface area contributed by atoms with E-state index >= 15 is 0 Å². The van der Waals surface area contributed by atoms with Gasteiger partial charge in [-0.1, -0.05) is 301 Å². The number of rotatable bonds is 8. The lowest BCUT2D eigenvalue weighted by atomic mass is 9.81. The van der Waals surface area contributed by atoms with Crippen molar-refractivity contribution in [3.8, 4) is 67.0 Å². The summed E-state index contributed by atoms with van der Waals surface area (Å²) >= 11 is 3.67. The number of aromatic nitrogens is 2. The van der Waals surface area contributed by atoms with Gasteiger partial charge in [-0.15, -0.1) is 0 Å². The molecular formula is C88H60BBrN2O2. The quantitative estimate of drug-likeness (QED) is 0.118. The molecule has 0 radical (unpaired) electrons. The zero-order chi connectivity index (χ0) is 63.1. The third-order valence-electron chi connectivity index (χ3n) is 18.3. The van der Waals surface area contributed by atoms with Crippen LogP contribution in [-0.4, -0.2) is 26.3 Å². The topological polar surface area (TPSA) is 50.3 Å². The summed E-state index contributed by atoms with van der Waals surface area (Å²) in [5.41, 5.74) is 20.2. The summed E-state index contributed by atoms with van der Waals surface area (Å²) < 4.78 is 5.86. The van der Waals surface area contributed by atoms with Crippen molar-refractivity contribution in [3.63, 3.8) is 0 Å². The van der Waals surface area contributed by atoms with Gasteiger partial charge in [0.25, 0.3) is 0 Å². The van der Waals surface area contributed by atoms with Crippen molar-refractivity contribution in [3.05, 3.63) is 356 Å². The van der Waals surface area contributed by atoms with Crippen molar-refractivity contribution in [2.45, 2.75) is 0 Å². The molecular weight excluding hydrogens is 1210 g/mol. The number of hydrogen-bond donors (Lipinski definition) is 2. The first-order valence-corrected chi connectivity index (χ1v) is 32.6. The maximum Gasteiger partial charge on any atom is 0.488 e. The first-order chi connectivity index (χ1) is 46.4. The zero-order valence-corrected chi connectivity index (χ0v) is 52.8. The summed E-state index contributed by atoms with van der Waals surface area (Å²) in [5, 5.41) is 32.4. The lowest BCUT2D eigenvalue weighted by Crippen LogP contribution is -2.29. The van der Waals surface area contributed by atoms with Crippen LogP contribution in [0.1, 0.15) is 0 Å². The molecule has 444 valence electrons. The average Bonchev–Trinajstić information content (AvgIpc) is 1.52. The number of nitrogens with zero attached hydrogens (tertiary/aromatic N) is 2. The SMILES string of the molecule is Brc1ccc2c(c1)c1ccccc1n2-c1ccc(-c2c3ccccc3c(-c3ccccc3)c3ccccc23)cc1.OB(O)c1ccccc1.c1ccc(-c2ccc3c(c2)c2ccccc2n3-c2ccc(-c3c4ccccc4c(-c4ccccc4)c4ccccc34)cc2)cc1. The molecule has 4 nitrogen and oxygen atoms in total. The van der Waals surface area contributed by atoms with Crippen LogP contribution in [0.3, 0.4) is 0 Å². The van der Waals surface area contributed by atoms with Crippen LogP contribution in [-0.2, 0) is 0 Å². The van der Waals surface area contributed by atoms with E-state index in [1.54, 1.807) is 24.3 Å². The molecule has 94 heavy (non-hydrogen) atoms. The van der Waals surface area contributed by atoms with Gasteiger partial charge in [0.2, 0.25) is 0 Å². The summed E-state index contributed by atoms with van der Waals surface area (Å²) in [7, 11) is -1.34. The molecule has 0 unspecified atom stereocenters. The van der Waals surface area contributed by atoms with Gasteiger partial charge in [0.1, 0.15) is 0 Å². The summed E-state index contributed by atoms with van der Waals surface area (Å²) in [5.74, 6) is 0. The summed E-state index contributed by atoms with van der Waals surface area (Å²) in [6.07, 6.45) is 0. The molecule has 0 aliphatic rings. The first kappa shape index (κ1) is 57.8. The number of hydrogen-bond acceptors (Lipinski definition) is 2. The number of para-hydroxylation sites is 2. The molecule has 18 aromatic rings. The van der Waals surface area contributed by atoms with Gasteiger partial charge in [-0.05, 0) is 171 Å². The Morgan fingerprint density at radius 3 is 0.830 bits per heavy atom. The average molecular weight is 1270 g/mol. The van der Waals surface area contributed by atoms with Gasteiger partial charge in [-0.25, -0.2) is 0 Å². The van der Waals surface area contributed by atoms with Gasteiger partial charge in [-0.2, -0.15) is 0 Å². The molecule has 0 saturated heterocycles. The van der Waals surface area contributed by atoms with E-state index in [9.17, 15) is 0 Å². The minimum Gasteiger partial charge on any atom is -0.423 e. The van der Waals surface area contributed by atoms with Crippen molar-refractivity contribution < 1.29 is 10.0 Å². The maximum absolute atomic E-state index is 8.58. The Balaban J connectivity index is 0.000000132. The Kier molecular flexibility index (Phi) is 15.4. The standard InChI is InChI=1S/C44H29N.C38H24BrN.C6H7BO2/c1-3-13-30(14-4-1)33-25-28-42-40(29-33)35-17-11-12-22-41(35)45(42)34-26-23-32(24-27-34)44-38-20-9-7-18-36(38)43(31-15-5-2-6-16-31)37-19-8-10-21-39(37)44;39-27-20-23-36-34(24-27)29-12-8-9-17-35(29)40(36)28-21-18-26(19-22-28)38-32-15-6-4-13-30(32)37(25-10-2-1-3-11-25)31-14-5-7-16-33(31)38;8-7(9)6-4-2-1-3-5-6/h1-29H;1-24H;1-5,8-9H. The predicted octanol–water partition coefficient (Wildman–Crippen LogP) is 22.6. The van der Waals surface area contributed by atoms with Crippen molar-refractivity contribution in [2.75, 3.05) is 0 Å². The van der Waals surface area contributed by atoms with Crippen LogP contribution in [0.5, 0.6) is 0 Å². The third-order valence-corrected chi connectivity index (χ3v) is 18.8. The van der Waals surface area contributed by atoms with Crippen LogP contribution in [0.15, 0.2) is 356 Å². The monoisotopic (exact) mass is 1270 g/mol. The van der Waals surface area contributed by atoms with E-state index in [4.69, 9.17) is 10.0 Å². The van der Waals surface area contributed by atoms with Crippen LogP contribution < -0.4 is 5.46 Å². The molecule has 0 spiro atoms. The molecule has 2 heterocycles. The molecule has 6 heteroatoms. The predicted molar refractivity (Wildman–Crippen MR) is 403 cm³/mol. The number of halogens is 1. The molecule has 2 N–H and O–H groups in total. The molecule has 0 bridgehead atoms. The van der Waals surface area contributed by atoms with E-state index in [0.717, 1.165) is 15.8 Å². The Labute approximate surface area is 554 Å². The van der Waals surface area contributed by atoms with Gasteiger partial charge < -0.3 is 19.2 Å². The minimum atomic E-state index is -1.34. The lowest BCUT2D eigenvalue weighted by molar-refractivity contribution is 0.426. The molecule has 0 amide bonds. The summed E-state index contributed by atoms with van der Waals surface area (Å²) in [4.78, 5) is 0. The first-order valence-electron chi connectivity index (χ1n) is 31.8. The Hall–Kier alpha value is -11.4. The van der Waals surface area contributed by atoms with Crippen molar-refractivity contribution in [1.29, 1.82) is 0 Å². The molecule has 18 rings (SSSR count). The van der Waals surface area contributed by atoms with Crippen LogP contribution in [0.2, 0.25) is 0 Å². The second kappa shape index (κ2) is 25.0. The van der Waals surface area contributed by atoms with E-state index in [-0.39, 0.29) is 0 Å². The Morgan fingerprint density at radius 1 is 0.213 bits per heavy atom. The highest BCUT2D eigenvalue weighted by Crippen LogP contribution is 2.47. The fourth-order valence-electron chi connectivity index (χ4n) is 14.2. The largest absolute Gasteiger partial charge is 0.488 e. The van der Waals surface area contributed by atoms with Crippen LogP contribution in [0, 0.1) is 0 Å². The molecule has 2 aromatic heterocycles. The Bertz CT molecular complexity index is 5700. The third kappa shape index (κ3) is 10.5. The second-order valence-corrected chi connectivity index (χ2v) is 24.7. The van der Waals surface area contributed by atoms with E-state index in [1.165, 1.54) is 142 Å². The molecule has 16 aromatic carbocycles. The smallest absolute Gasteiger partial charge is 0.423 e. The second-order valence-electron chi connectivity index (χ2n) is 23.8. The molecule has 0 atom stereocenters. The number of benzene rings is 16. The van der Waals surface area contributed by atoms with Gasteiger partial charge in [-0.3, -0.25) is 0 Å². The van der Waals surface area contributed by atoms with Crippen molar-refractivity contribution >= 4 is 115 Å². The highest BCUT2D eigenvalue weighted by Gasteiger charge is 2.21. The van der Waals surface area contributed by atoms with Crippen molar-refractivity contribution in [2.24, 2.45) is 0 Å². The summed E-state index contributed by atoms with van der Waals surface area (Å²) in [6.45, 7) is 0. The van der Waals surface area contributed by atoms with Gasteiger partial charge >= 0.3 is 7.12 Å². The fourth-order valence-corrected chi connectivity index (χ4v) is 14.5. The molecule has 0 fully saturated rings.